The standard InChI is InChI=1S/C27H23ClN4O3S/c1-35-21-13-9-18(10-14-21)23-15-22(17-7-11-19(28)12-8-17)31-32(23)27-30-26(34)24(36-27)16-25(33)29-20-5-3-2-4-6-20/h2-14,23-24H,15-16H2,1H3,(H,29,33)/t23-,24+/m0/s1. The first-order valence-corrected chi connectivity index (χ1v) is 12.7. The second kappa shape index (κ2) is 10.6. The molecular weight excluding hydrogens is 496 g/mol. The van der Waals surface area contributed by atoms with Gasteiger partial charge in [0.05, 0.1) is 18.9 Å². The molecular formula is C27H23ClN4O3S. The minimum absolute atomic E-state index is 0.0280. The van der Waals surface area contributed by atoms with Gasteiger partial charge in [-0.2, -0.15) is 10.1 Å². The van der Waals surface area contributed by atoms with Gasteiger partial charge >= 0.3 is 0 Å². The zero-order valence-electron chi connectivity index (χ0n) is 19.4. The smallest absolute Gasteiger partial charge is 0.262 e. The van der Waals surface area contributed by atoms with Crippen LogP contribution in [0.4, 0.5) is 5.69 Å². The second-order valence-electron chi connectivity index (χ2n) is 8.35. The van der Waals surface area contributed by atoms with E-state index < -0.39 is 5.25 Å². The van der Waals surface area contributed by atoms with E-state index >= 15 is 0 Å². The quantitative estimate of drug-likeness (QED) is 0.464. The lowest BCUT2D eigenvalue weighted by atomic mass is 9.98. The number of benzene rings is 3. The van der Waals surface area contributed by atoms with Gasteiger partial charge in [0, 0.05) is 23.6 Å². The number of halogens is 1. The number of rotatable bonds is 6. The summed E-state index contributed by atoms with van der Waals surface area (Å²) in [6, 6.07) is 24.3. The molecule has 0 saturated carbocycles. The van der Waals surface area contributed by atoms with Gasteiger partial charge in [-0.25, -0.2) is 5.01 Å². The highest BCUT2D eigenvalue weighted by molar-refractivity contribution is 8.15. The molecule has 2 aliphatic rings. The van der Waals surface area contributed by atoms with E-state index in [9.17, 15) is 9.59 Å². The molecule has 1 N–H and O–H groups in total. The Labute approximate surface area is 218 Å². The number of nitrogens with one attached hydrogen (secondary N) is 1. The van der Waals surface area contributed by atoms with Crippen LogP contribution in [0.25, 0.3) is 0 Å². The van der Waals surface area contributed by atoms with Crippen molar-refractivity contribution in [3.63, 3.8) is 0 Å². The maximum atomic E-state index is 12.8. The third kappa shape index (κ3) is 5.29. The van der Waals surface area contributed by atoms with Crippen molar-refractivity contribution in [3.8, 4) is 5.75 Å². The van der Waals surface area contributed by atoms with Crippen LogP contribution in [0.3, 0.4) is 0 Å². The fourth-order valence-electron chi connectivity index (χ4n) is 4.10. The summed E-state index contributed by atoms with van der Waals surface area (Å²) < 4.78 is 5.30. The number of nitrogens with zero attached hydrogens (tertiary/aromatic N) is 3. The first-order valence-electron chi connectivity index (χ1n) is 11.4. The maximum absolute atomic E-state index is 12.8. The van der Waals surface area contributed by atoms with Crippen molar-refractivity contribution in [2.75, 3.05) is 12.4 Å². The van der Waals surface area contributed by atoms with Crippen molar-refractivity contribution in [3.05, 3.63) is 95.0 Å². The van der Waals surface area contributed by atoms with Gasteiger partial charge in [0.2, 0.25) is 5.91 Å². The Hall–Kier alpha value is -3.62. The van der Waals surface area contributed by atoms with Crippen molar-refractivity contribution in [2.45, 2.75) is 24.1 Å². The SMILES string of the molecule is COc1ccc([C@@H]2CC(c3ccc(Cl)cc3)=NN2C2=NC(=O)[C@@H](CC(=O)Nc3ccccc3)S2)cc1. The number of hydrogen-bond donors (Lipinski definition) is 1. The molecule has 0 unspecified atom stereocenters. The molecule has 0 radical (unpaired) electrons. The number of aliphatic imine (C=N–C) groups is 1. The monoisotopic (exact) mass is 518 g/mol. The van der Waals surface area contributed by atoms with Crippen molar-refractivity contribution in [1.82, 2.24) is 5.01 Å². The number of ether oxygens (including phenoxy) is 1. The normalized spacial score (nSPS) is 19.2. The molecule has 5 rings (SSSR count). The van der Waals surface area contributed by atoms with Gasteiger partial charge in [0.1, 0.15) is 11.0 Å². The van der Waals surface area contributed by atoms with Crippen molar-refractivity contribution in [1.29, 1.82) is 0 Å². The average molecular weight is 519 g/mol. The lowest BCUT2D eigenvalue weighted by Crippen LogP contribution is -2.25. The van der Waals surface area contributed by atoms with E-state index in [1.54, 1.807) is 24.3 Å². The molecule has 2 aliphatic heterocycles. The number of anilines is 1. The van der Waals surface area contributed by atoms with Gasteiger partial charge in [-0.3, -0.25) is 9.59 Å². The van der Waals surface area contributed by atoms with E-state index in [-0.39, 0.29) is 24.3 Å². The van der Waals surface area contributed by atoms with Gasteiger partial charge in [0.15, 0.2) is 5.17 Å². The lowest BCUT2D eigenvalue weighted by molar-refractivity contribution is -0.121. The van der Waals surface area contributed by atoms with E-state index in [2.05, 4.69) is 10.3 Å². The summed E-state index contributed by atoms with van der Waals surface area (Å²) in [5.41, 5.74) is 3.53. The minimum Gasteiger partial charge on any atom is -0.497 e. The number of carbonyl (C=O) groups excluding carboxylic acids is 2. The zero-order chi connectivity index (χ0) is 25.1. The third-order valence-electron chi connectivity index (χ3n) is 5.94. The Bertz CT molecular complexity index is 1330. The van der Waals surface area contributed by atoms with Gasteiger partial charge < -0.3 is 10.1 Å². The molecule has 0 spiro atoms. The first-order chi connectivity index (χ1) is 17.5. The molecule has 182 valence electrons. The molecule has 2 amide bonds. The molecule has 3 aromatic carbocycles. The van der Waals surface area contributed by atoms with Crippen molar-refractivity contribution >= 4 is 51.7 Å². The number of para-hydroxylation sites is 1. The van der Waals surface area contributed by atoms with Crippen molar-refractivity contribution < 1.29 is 14.3 Å². The molecule has 3 aromatic rings. The van der Waals surface area contributed by atoms with E-state index in [1.165, 1.54) is 11.8 Å². The largest absolute Gasteiger partial charge is 0.497 e. The fourth-order valence-corrected chi connectivity index (χ4v) is 5.28. The number of carbonyl (C=O) groups is 2. The predicted molar refractivity (Wildman–Crippen MR) is 144 cm³/mol. The highest BCUT2D eigenvalue weighted by Crippen LogP contribution is 2.39. The van der Waals surface area contributed by atoms with Crippen LogP contribution in [0.15, 0.2) is 89.0 Å². The summed E-state index contributed by atoms with van der Waals surface area (Å²) in [5.74, 6) is 0.193. The van der Waals surface area contributed by atoms with E-state index in [0.717, 1.165) is 22.6 Å². The Morgan fingerprint density at radius 1 is 1.08 bits per heavy atom. The van der Waals surface area contributed by atoms with Crippen LogP contribution in [-0.4, -0.2) is 40.1 Å². The number of amides is 2. The van der Waals surface area contributed by atoms with Crippen LogP contribution in [0.5, 0.6) is 5.75 Å². The Balaban J connectivity index is 1.36. The average Bonchev–Trinajstić information content (AvgIpc) is 3.49. The summed E-state index contributed by atoms with van der Waals surface area (Å²) in [5, 5.41) is 10.0. The van der Waals surface area contributed by atoms with Crippen LogP contribution in [0.1, 0.15) is 30.0 Å². The van der Waals surface area contributed by atoms with Crippen molar-refractivity contribution in [2.24, 2.45) is 10.1 Å². The zero-order valence-corrected chi connectivity index (χ0v) is 21.0. The highest BCUT2D eigenvalue weighted by atomic mass is 35.5. The van der Waals surface area contributed by atoms with Crippen LogP contribution in [0.2, 0.25) is 5.02 Å². The van der Waals surface area contributed by atoms with Gasteiger partial charge in [0.25, 0.3) is 5.91 Å². The molecule has 0 aliphatic carbocycles. The molecule has 36 heavy (non-hydrogen) atoms. The van der Waals surface area contributed by atoms with Gasteiger partial charge in [-0.1, -0.05) is 65.8 Å². The van der Waals surface area contributed by atoms with Crippen LogP contribution in [0, 0.1) is 0 Å². The molecule has 2 atom stereocenters. The second-order valence-corrected chi connectivity index (χ2v) is 9.95. The van der Waals surface area contributed by atoms with E-state index in [0.29, 0.717) is 22.3 Å². The minimum atomic E-state index is -0.602. The maximum Gasteiger partial charge on any atom is 0.262 e. The van der Waals surface area contributed by atoms with Gasteiger partial charge in [-0.05, 0) is 47.5 Å². The lowest BCUT2D eigenvalue weighted by Gasteiger charge is -2.23. The first kappa shape index (κ1) is 24.1. The third-order valence-corrected chi connectivity index (χ3v) is 7.34. The Morgan fingerprint density at radius 3 is 2.50 bits per heavy atom. The van der Waals surface area contributed by atoms with E-state index in [1.807, 2.05) is 66.7 Å². The molecule has 9 heteroatoms. The summed E-state index contributed by atoms with van der Waals surface area (Å²) in [4.78, 5) is 29.6. The Morgan fingerprint density at radius 2 is 1.81 bits per heavy atom. The molecule has 2 heterocycles. The molecule has 0 saturated heterocycles. The van der Waals surface area contributed by atoms with Crippen LogP contribution < -0.4 is 10.1 Å². The number of hydrogen-bond acceptors (Lipinski definition) is 6. The summed E-state index contributed by atoms with van der Waals surface area (Å²) in [6.07, 6.45) is 0.654. The molecule has 0 fully saturated rings. The molecule has 7 nitrogen and oxygen atoms in total. The summed E-state index contributed by atoms with van der Waals surface area (Å²) >= 11 is 7.35. The number of thioether (sulfide) groups is 1. The summed E-state index contributed by atoms with van der Waals surface area (Å²) in [6.45, 7) is 0. The van der Waals surface area contributed by atoms with E-state index in [4.69, 9.17) is 21.4 Å². The number of hydrazone groups is 1. The number of amidine groups is 1. The molecule has 0 aromatic heterocycles. The fraction of sp³-hybridized carbons (Fsp3) is 0.185. The topological polar surface area (TPSA) is 83.4 Å². The van der Waals surface area contributed by atoms with Crippen LogP contribution >= 0.6 is 23.4 Å². The van der Waals surface area contributed by atoms with Gasteiger partial charge in [-0.15, -0.1) is 0 Å². The molecule has 0 bridgehead atoms. The van der Waals surface area contributed by atoms with Crippen LogP contribution in [-0.2, 0) is 9.59 Å². The summed E-state index contributed by atoms with van der Waals surface area (Å²) in [7, 11) is 1.63. The number of methoxy groups -OCH3 is 1. The predicted octanol–water partition coefficient (Wildman–Crippen LogP) is 5.53. The highest BCUT2D eigenvalue weighted by Gasteiger charge is 2.39. The Kier molecular flexibility index (Phi) is 7.06.